The maximum Gasteiger partial charge on any atom is 0.351 e. The molecule has 0 saturated carbocycles. The third-order valence-electron chi connectivity index (χ3n) is 3.08. The third-order valence-corrected chi connectivity index (χ3v) is 3.08. The first-order valence-electron chi connectivity index (χ1n) is 6.77. The van der Waals surface area contributed by atoms with Gasteiger partial charge in [-0.25, -0.2) is 4.79 Å². The Bertz CT molecular complexity index is 495. The summed E-state index contributed by atoms with van der Waals surface area (Å²) in [5.74, 6) is -0.451. The highest BCUT2D eigenvalue weighted by atomic mass is 35.5. The predicted molar refractivity (Wildman–Crippen MR) is 88.0 cm³/mol. The standard InChI is InChI=1S/C16H24N2O2.ClH/c1-6-14(18-20-15(19)11(2)3)12-9-7-8-10-13(12)16(4,5)17;/h7-10,14,18H,2,6,17H2,1,3-5H3;1H. The van der Waals surface area contributed by atoms with Crippen molar-refractivity contribution in [2.24, 2.45) is 5.73 Å². The molecule has 0 saturated heterocycles. The van der Waals surface area contributed by atoms with Crippen LogP contribution in [0.15, 0.2) is 36.4 Å². The SMILES string of the molecule is C=C(C)C(=O)ONC(CC)c1ccccc1C(C)(C)N.Cl. The highest BCUT2D eigenvalue weighted by Gasteiger charge is 2.22. The molecule has 5 heteroatoms. The number of rotatable bonds is 6. The molecule has 0 heterocycles. The highest BCUT2D eigenvalue weighted by Crippen LogP contribution is 2.28. The molecule has 3 N–H and O–H groups in total. The van der Waals surface area contributed by atoms with Crippen molar-refractivity contribution >= 4 is 18.4 Å². The van der Waals surface area contributed by atoms with Gasteiger partial charge in [0.2, 0.25) is 0 Å². The largest absolute Gasteiger partial charge is 0.366 e. The van der Waals surface area contributed by atoms with Crippen LogP contribution in [-0.2, 0) is 15.2 Å². The van der Waals surface area contributed by atoms with Crippen LogP contribution < -0.4 is 11.2 Å². The van der Waals surface area contributed by atoms with Crippen molar-refractivity contribution in [3.63, 3.8) is 0 Å². The normalized spacial score (nSPS) is 12.2. The second kappa shape index (κ2) is 8.17. The summed E-state index contributed by atoms with van der Waals surface area (Å²) in [6, 6.07) is 7.81. The van der Waals surface area contributed by atoms with E-state index in [1.165, 1.54) is 0 Å². The van der Waals surface area contributed by atoms with E-state index >= 15 is 0 Å². The molecule has 0 aliphatic heterocycles. The average Bonchev–Trinajstić information content (AvgIpc) is 2.38. The first kappa shape index (κ1) is 19.6. The molecule has 0 radical (unpaired) electrons. The summed E-state index contributed by atoms with van der Waals surface area (Å²) in [5.41, 5.74) is 11.0. The summed E-state index contributed by atoms with van der Waals surface area (Å²) in [6.07, 6.45) is 0.774. The van der Waals surface area contributed by atoms with Crippen LogP contribution in [0.4, 0.5) is 0 Å². The van der Waals surface area contributed by atoms with Gasteiger partial charge in [0.1, 0.15) is 0 Å². The minimum atomic E-state index is -0.454. The van der Waals surface area contributed by atoms with Crippen molar-refractivity contribution in [3.8, 4) is 0 Å². The van der Waals surface area contributed by atoms with Crippen molar-refractivity contribution in [3.05, 3.63) is 47.5 Å². The second-order valence-electron chi connectivity index (χ2n) is 5.56. The molecule has 21 heavy (non-hydrogen) atoms. The number of hydroxylamine groups is 1. The minimum Gasteiger partial charge on any atom is -0.366 e. The van der Waals surface area contributed by atoms with Crippen molar-refractivity contribution in [2.45, 2.75) is 45.7 Å². The van der Waals surface area contributed by atoms with Gasteiger partial charge in [0.05, 0.1) is 6.04 Å². The van der Waals surface area contributed by atoms with E-state index in [0.717, 1.165) is 17.5 Å². The van der Waals surface area contributed by atoms with Gasteiger partial charge in [0, 0.05) is 11.1 Å². The van der Waals surface area contributed by atoms with Crippen LogP contribution in [0.2, 0.25) is 0 Å². The fourth-order valence-corrected chi connectivity index (χ4v) is 1.97. The minimum absolute atomic E-state index is 0. The first-order valence-corrected chi connectivity index (χ1v) is 6.77. The van der Waals surface area contributed by atoms with E-state index in [2.05, 4.69) is 12.1 Å². The molecule has 0 aliphatic carbocycles. The number of benzene rings is 1. The molecule has 1 aromatic carbocycles. The maximum absolute atomic E-state index is 11.5. The van der Waals surface area contributed by atoms with Gasteiger partial charge in [-0.2, -0.15) is 0 Å². The molecule has 1 rings (SSSR count). The molecular weight excluding hydrogens is 288 g/mol. The van der Waals surface area contributed by atoms with Crippen LogP contribution in [0, 0.1) is 0 Å². The van der Waals surface area contributed by atoms with Gasteiger partial charge in [-0.05, 0) is 38.3 Å². The van der Waals surface area contributed by atoms with Gasteiger partial charge in [-0.15, -0.1) is 17.9 Å². The highest BCUT2D eigenvalue weighted by molar-refractivity contribution is 5.86. The van der Waals surface area contributed by atoms with E-state index < -0.39 is 11.5 Å². The summed E-state index contributed by atoms with van der Waals surface area (Å²) in [4.78, 5) is 16.5. The Morgan fingerprint density at radius 3 is 2.48 bits per heavy atom. The quantitative estimate of drug-likeness (QED) is 0.624. The van der Waals surface area contributed by atoms with Crippen LogP contribution in [0.3, 0.4) is 0 Å². The lowest BCUT2D eigenvalue weighted by Crippen LogP contribution is -2.33. The molecule has 118 valence electrons. The van der Waals surface area contributed by atoms with Crippen LogP contribution in [0.5, 0.6) is 0 Å². The van der Waals surface area contributed by atoms with Gasteiger partial charge >= 0.3 is 5.97 Å². The Balaban J connectivity index is 0.00000400. The van der Waals surface area contributed by atoms with E-state index in [1.54, 1.807) is 6.92 Å². The molecule has 0 aliphatic rings. The maximum atomic E-state index is 11.5. The Kier molecular flexibility index (Phi) is 7.64. The number of nitrogens with one attached hydrogen (secondary N) is 1. The Morgan fingerprint density at radius 1 is 1.43 bits per heavy atom. The van der Waals surface area contributed by atoms with Crippen LogP contribution in [0.1, 0.15) is 51.3 Å². The zero-order valence-electron chi connectivity index (χ0n) is 13.1. The van der Waals surface area contributed by atoms with E-state index in [-0.39, 0.29) is 18.4 Å². The van der Waals surface area contributed by atoms with Gasteiger partial charge < -0.3 is 10.6 Å². The number of nitrogens with two attached hydrogens (primary N) is 1. The zero-order valence-corrected chi connectivity index (χ0v) is 13.9. The summed E-state index contributed by atoms with van der Waals surface area (Å²) in [7, 11) is 0. The van der Waals surface area contributed by atoms with Gasteiger partial charge in [0.25, 0.3) is 0 Å². The molecule has 0 amide bonds. The molecule has 1 unspecified atom stereocenters. The van der Waals surface area contributed by atoms with Crippen molar-refractivity contribution in [2.75, 3.05) is 0 Å². The summed E-state index contributed by atoms with van der Waals surface area (Å²) in [6.45, 7) is 11.1. The number of halogens is 1. The molecule has 4 nitrogen and oxygen atoms in total. The Labute approximate surface area is 133 Å². The summed E-state index contributed by atoms with van der Waals surface area (Å²) in [5, 5.41) is 0. The molecule has 1 aromatic rings. The van der Waals surface area contributed by atoms with Crippen LogP contribution in [0.25, 0.3) is 0 Å². The molecular formula is C16H25ClN2O2. The fraction of sp³-hybridized carbons (Fsp3) is 0.438. The van der Waals surface area contributed by atoms with Crippen molar-refractivity contribution in [1.29, 1.82) is 0 Å². The van der Waals surface area contributed by atoms with Crippen LogP contribution >= 0.6 is 12.4 Å². The van der Waals surface area contributed by atoms with Gasteiger partial charge in [-0.3, -0.25) is 0 Å². The van der Waals surface area contributed by atoms with Crippen molar-refractivity contribution < 1.29 is 9.63 Å². The summed E-state index contributed by atoms with van der Waals surface area (Å²) < 4.78 is 0. The monoisotopic (exact) mass is 312 g/mol. The van der Waals surface area contributed by atoms with Crippen LogP contribution in [-0.4, -0.2) is 5.97 Å². The van der Waals surface area contributed by atoms with Crippen molar-refractivity contribution in [1.82, 2.24) is 5.48 Å². The lowest BCUT2D eigenvalue weighted by atomic mass is 9.87. The average molecular weight is 313 g/mol. The zero-order chi connectivity index (χ0) is 15.3. The molecule has 0 fully saturated rings. The lowest BCUT2D eigenvalue weighted by Gasteiger charge is -2.27. The third kappa shape index (κ3) is 5.50. The topological polar surface area (TPSA) is 64.3 Å². The predicted octanol–water partition coefficient (Wildman–Crippen LogP) is 3.38. The summed E-state index contributed by atoms with van der Waals surface area (Å²) >= 11 is 0. The lowest BCUT2D eigenvalue weighted by molar-refractivity contribution is -0.148. The number of hydrogen-bond donors (Lipinski definition) is 2. The van der Waals surface area contributed by atoms with Gasteiger partial charge in [0.15, 0.2) is 0 Å². The Morgan fingerprint density at radius 2 is 2.00 bits per heavy atom. The number of hydrogen-bond acceptors (Lipinski definition) is 4. The second-order valence-corrected chi connectivity index (χ2v) is 5.56. The molecule has 0 aromatic heterocycles. The smallest absolute Gasteiger partial charge is 0.351 e. The molecule has 0 bridgehead atoms. The van der Waals surface area contributed by atoms with E-state index in [0.29, 0.717) is 5.57 Å². The fourth-order valence-electron chi connectivity index (χ4n) is 1.97. The number of carbonyl (C=O) groups is 1. The van der Waals surface area contributed by atoms with Gasteiger partial charge in [-0.1, -0.05) is 37.8 Å². The molecule has 0 spiro atoms. The Hall–Kier alpha value is -1.36. The first-order chi connectivity index (χ1) is 9.27. The van der Waals surface area contributed by atoms with E-state index in [1.807, 2.05) is 45.0 Å². The van der Waals surface area contributed by atoms with E-state index in [9.17, 15) is 4.79 Å². The molecule has 1 atom stereocenters. The number of carbonyl (C=O) groups excluding carboxylic acids is 1. The van der Waals surface area contributed by atoms with E-state index in [4.69, 9.17) is 10.6 Å².